The van der Waals surface area contributed by atoms with Crippen molar-refractivity contribution in [3.05, 3.63) is 0 Å². The monoisotopic (exact) mass is 395 g/mol. The minimum atomic E-state index is -3.25. The summed E-state index contributed by atoms with van der Waals surface area (Å²) in [4.78, 5) is 0. The molecule has 0 spiro atoms. The van der Waals surface area contributed by atoms with Gasteiger partial charge < -0.3 is 0 Å². The fourth-order valence-corrected chi connectivity index (χ4v) is 14.5. The topological polar surface area (TPSA) is 12.4 Å². The van der Waals surface area contributed by atoms with E-state index < -0.39 is 13.3 Å². The Bertz CT molecular complexity index is 252. The summed E-state index contributed by atoms with van der Waals surface area (Å²) in [6, 6.07) is 0. The summed E-state index contributed by atoms with van der Waals surface area (Å²) < 4.78 is 6.56. The van der Waals surface area contributed by atoms with E-state index in [1.807, 2.05) is 25.2 Å². The zero-order valence-corrected chi connectivity index (χ0v) is 13.6. The Morgan fingerprint density at radius 3 is 1.62 bits per heavy atom. The van der Waals surface area contributed by atoms with Crippen molar-refractivity contribution < 1.29 is 13.3 Å². The molecule has 0 amide bonds. The van der Waals surface area contributed by atoms with Gasteiger partial charge in [0.15, 0.2) is 0 Å². The van der Waals surface area contributed by atoms with Crippen molar-refractivity contribution >= 4 is 23.2 Å². The zero-order valence-electron chi connectivity index (χ0n) is 9.19. The normalized spacial score (nSPS) is 14.2. The fourth-order valence-electron chi connectivity index (χ4n) is 0.817. The molecule has 0 rings (SSSR count). The van der Waals surface area contributed by atoms with Crippen LogP contribution in [-0.2, 0) is 13.3 Å². The molecule has 0 heterocycles. The second kappa shape index (κ2) is 4.21. The van der Waals surface area contributed by atoms with Crippen LogP contribution in [0.4, 0.5) is 0 Å². The Labute approximate surface area is 92.2 Å². The molecule has 0 aromatic rings. The number of nitrogens with zero attached hydrogens (tertiary/aromatic N) is 1. The molecule has 1 nitrogen and oxygen atoms in total. The predicted octanol–water partition coefficient (Wildman–Crippen LogP) is 4.28. The van der Waals surface area contributed by atoms with E-state index in [9.17, 15) is 0 Å². The van der Waals surface area contributed by atoms with Crippen molar-refractivity contribution in [2.45, 2.75) is 47.1 Å². The summed E-state index contributed by atoms with van der Waals surface area (Å²) in [7, 11) is 12.5. The van der Waals surface area contributed by atoms with Crippen molar-refractivity contribution in [2.75, 3.05) is 0 Å². The van der Waals surface area contributed by atoms with Gasteiger partial charge >= 0.3 is 92.6 Å². The Morgan fingerprint density at radius 1 is 1.00 bits per heavy atom. The summed E-state index contributed by atoms with van der Waals surface area (Å²) in [5.41, 5.74) is -0.0613. The van der Waals surface area contributed by atoms with Crippen LogP contribution < -0.4 is 0 Å². The second-order valence-electron chi connectivity index (χ2n) is 5.23. The average molecular weight is 396 g/mol. The number of rotatable bonds is 0. The first kappa shape index (κ1) is 13.9. The van der Waals surface area contributed by atoms with Gasteiger partial charge in [-0.15, -0.1) is 0 Å². The van der Waals surface area contributed by atoms with E-state index in [4.69, 9.17) is 18.8 Å². The van der Waals surface area contributed by atoms with E-state index in [0.29, 0.717) is 0 Å². The van der Waals surface area contributed by atoms with Gasteiger partial charge in [0.25, 0.3) is 0 Å². The van der Waals surface area contributed by atoms with Gasteiger partial charge in [-0.2, -0.15) is 0 Å². The third kappa shape index (κ3) is 9.25. The standard InChI is InChI=1S/C5H10.C4H9N.2ClH.W/c1-5(2,3)4;1-4(2,3)5;;;/h1H,2-4H3;1-3H3;2*1H;/q;;;;+2/p-2. The molecule has 0 N–H and O–H groups in total. The van der Waals surface area contributed by atoms with Gasteiger partial charge in [-0.1, -0.05) is 0 Å². The van der Waals surface area contributed by atoms with Crippen molar-refractivity contribution in [3.8, 4) is 0 Å². The summed E-state index contributed by atoms with van der Waals surface area (Å²) in [5.74, 6) is 0. The molecule has 0 fully saturated rings. The van der Waals surface area contributed by atoms with Crippen LogP contribution in [0.15, 0.2) is 3.50 Å². The maximum absolute atomic E-state index is 6.26. The fraction of sp³-hybridized carbons (Fsp3) is 0.889. The van der Waals surface area contributed by atoms with E-state index in [-0.39, 0.29) is 11.0 Å². The molecule has 0 unspecified atom stereocenters. The molecule has 0 aliphatic rings. The van der Waals surface area contributed by atoms with Crippen LogP contribution in [0.5, 0.6) is 0 Å². The first-order valence-electron chi connectivity index (χ1n) is 4.24. The van der Waals surface area contributed by atoms with Crippen LogP contribution in [0.3, 0.4) is 0 Å². The second-order valence-corrected chi connectivity index (χ2v) is 19.2. The van der Waals surface area contributed by atoms with E-state index in [1.165, 1.54) is 0 Å². The number of halogens is 2. The average Bonchev–Trinajstić information content (AvgIpc) is 1.43. The minimum absolute atomic E-state index is 0.0631. The van der Waals surface area contributed by atoms with Gasteiger partial charge in [-0.3, -0.25) is 0 Å². The van der Waals surface area contributed by atoms with E-state index in [0.717, 1.165) is 0 Å². The molecule has 0 bridgehead atoms. The van der Waals surface area contributed by atoms with E-state index in [2.05, 4.69) is 24.3 Å². The van der Waals surface area contributed by atoms with Crippen molar-refractivity contribution in [1.82, 2.24) is 0 Å². The van der Waals surface area contributed by atoms with E-state index >= 15 is 0 Å². The predicted molar refractivity (Wildman–Crippen MR) is 59.4 cm³/mol. The quantitative estimate of drug-likeness (QED) is 0.580. The summed E-state index contributed by atoms with van der Waals surface area (Å²) in [6.07, 6.45) is 0. The van der Waals surface area contributed by atoms with Crippen LogP contribution in [0.25, 0.3) is 0 Å². The van der Waals surface area contributed by atoms with Gasteiger partial charge in [0.05, 0.1) is 0 Å². The first-order chi connectivity index (χ1) is 5.41. The van der Waals surface area contributed by atoms with Crippen molar-refractivity contribution in [3.63, 3.8) is 0 Å². The van der Waals surface area contributed by atoms with Crippen LogP contribution in [0, 0.1) is 5.41 Å². The molecule has 0 saturated heterocycles. The SMILES string of the molecule is CC(C)(C)[CH]=[W]([Cl])([Cl])=[N]C(C)(C)C. The van der Waals surface area contributed by atoms with Crippen LogP contribution >= 0.6 is 18.8 Å². The molecule has 0 saturated carbocycles. The molecule has 0 aromatic carbocycles. The molecular formula is C9H19Cl2NW. The van der Waals surface area contributed by atoms with Crippen LogP contribution in [0.1, 0.15) is 41.5 Å². The van der Waals surface area contributed by atoms with Crippen molar-refractivity contribution in [1.29, 1.82) is 0 Å². The van der Waals surface area contributed by atoms with Gasteiger partial charge in [0.1, 0.15) is 0 Å². The Morgan fingerprint density at radius 2 is 1.38 bits per heavy atom. The van der Waals surface area contributed by atoms with Gasteiger partial charge in [-0.25, -0.2) is 0 Å². The molecule has 13 heavy (non-hydrogen) atoms. The Kier molecular flexibility index (Phi) is 4.51. The molecule has 0 aliphatic heterocycles. The summed E-state index contributed by atoms with van der Waals surface area (Å²) in [6.45, 7) is 12.4. The first-order valence-corrected chi connectivity index (χ1v) is 14.5. The Hall–Kier alpha value is 0.938. The molecule has 80 valence electrons. The molecule has 0 atom stereocenters. The number of hydrogen-bond acceptors (Lipinski definition) is 1. The Balaban J connectivity index is 5.21. The molecular weight excluding hydrogens is 377 g/mol. The molecule has 0 aliphatic carbocycles. The van der Waals surface area contributed by atoms with Gasteiger partial charge in [-0.05, 0) is 0 Å². The molecule has 0 radical (unpaired) electrons. The molecule has 4 heteroatoms. The summed E-state index contributed by atoms with van der Waals surface area (Å²) >= 11 is -3.25. The third-order valence-electron chi connectivity index (χ3n) is 0.891. The molecule has 0 aromatic heterocycles. The van der Waals surface area contributed by atoms with Gasteiger partial charge in [0.2, 0.25) is 0 Å². The van der Waals surface area contributed by atoms with Crippen LogP contribution in [0.2, 0.25) is 0 Å². The zero-order chi connectivity index (χ0) is 10.9. The van der Waals surface area contributed by atoms with Crippen LogP contribution in [-0.4, -0.2) is 9.94 Å². The number of hydrogen-bond donors (Lipinski definition) is 0. The summed E-state index contributed by atoms with van der Waals surface area (Å²) in [5, 5.41) is 0. The van der Waals surface area contributed by atoms with Gasteiger partial charge in [0, 0.05) is 0 Å². The van der Waals surface area contributed by atoms with E-state index in [1.54, 1.807) is 0 Å². The van der Waals surface area contributed by atoms with Crippen molar-refractivity contribution in [2.24, 2.45) is 8.91 Å². The third-order valence-corrected chi connectivity index (χ3v) is 9.88. The maximum atomic E-state index is 6.26.